The van der Waals surface area contributed by atoms with Crippen molar-refractivity contribution in [3.63, 3.8) is 0 Å². The predicted molar refractivity (Wildman–Crippen MR) is 108 cm³/mol. The fraction of sp³-hybridized carbons (Fsp3) is 0.600. The van der Waals surface area contributed by atoms with Crippen molar-refractivity contribution in [1.82, 2.24) is 9.80 Å². The van der Waals surface area contributed by atoms with E-state index in [4.69, 9.17) is 21.1 Å². The van der Waals surface area contributed by atoms with Crippen molar-refractivity contribution in [2.75, 3.05) is 51.9 Å². The third-order valence-electron chi connectivity index (χ3n) is 5.42. The Balaban J connectivity index is 1.76. The number of benzene rings is 1. The molecule has 1 aromatic carbocycles. The topological polar surface area (TPSA) is 71.1 Å². The molecule has 0 aromatic heterocycles. The Morgan fingerprint density at radius 1 is 1.43 bits per heavy atom. The van der Waals surface area contributed by atoms with Gasteiger partial charge in [0.05, 0.1) is 22.9 Å². The summed E-state index contributed by atoms with van der Waals surface area (Å²) in [7, 11) is 1.65. The molecule has 3 rings (SSSR count). The van der Waals surface area contributed by atoms with E-state index in [9.17, 15) is 9.59 Å². The van der Waals surface area contributed by atoms with Gasteiger partial charge < -0.3 is 24.6 Å². The van der Waals surface area contributed by atoms with E-state index in [0.717, 1.165) is 18.4 Å². The van der Waals surface area contributed by atoms with Gasteiger partial charge in [-0.05, 0) is 37.5 Å². The molecule has 1 atom stereocenters. The molecule has 2 fully saturated rings. The van der Waals surface area contributed by atoms with Crippen LogP contribution < -0.4 is 5.32 Å². The number of aryl methyl sites for hydroxylation is 1. The van der Waals surface area contributed by atoms with Crippen molar-refractivity contribution >= 4 is 29.2 Å². The predicted octanol–water partition coefficient (Wildman–Crippen LogP) is 2.91. The van der Waals surface area contributed by atoms with E-state index in [1.54, 1.807) is 18.1 Å². The summed E-state index contributed by atoms with van der Waals surface area (Å²) in [4.78, 5) is 29.4. The fourth-order valence-electron chi connectivity index (χ4n) is 3.90. The van der Waals surface area contributed by atoms with E-state index in [1.165, 1.54) is 0 Å². The van der Waals surface area contributed by atoms with Crippen LogP contribution in [0.4, 0.5) is 10.5 Å². The van der Waals surface area contributed by atoms with E-state index in [1.807, 2.05) is 24.0 Å². The standard InChI is InChI=1S/C20H28ClN3O4/c1-15-4-5-17(16(21)12-15)22-19(26)23-9-6-18(25)24(8-3-10-27-2)20(13-23)7-11-28-14-20/h4-5,12H,3,6-11,13-14H2,1-2H3,(H,22,26). The highest BCUT2D eigenvalue weighted by Crippen LogP contribution is 2.31. The highest BCUT2D eigenvalue weighted by atomic mass is 35.5. The fourth-order valence-corrected chi connectivity index (χ4v) is 4.18. The lowest BCUT2D eigenvalue weighted by Gasteiger charge is -2.40. The smallest absolute Gasteiger partial charge is 0.321 e. The molecule has 0 bridgehead atoms. The number of carbonyl (C=O) groups is 2. The van der Waals surface area contributed by atoms with Crippen LogP contribution in [-0.2, 0) is 14.3 Å². The van der Waals surface area contributed by atoms with Crippen LogP contribution in [0, 0.1) is 6.92 Å². The monoisotopic (exact) mass is 409 g/mol. The van der Waals surface area contributed by atoms with Gasteiger partial charge in [0.1, 0.15) is 0 Å². The van der Waals surface area contributed by atoms with Crippen LogP contribution in [0.2, 0.25) is 5.02 Å². The minimum atomic E-state index is -0.476. The number of hydrogen-bond donors (Lipinski definition) is 1. The second-order valence-corrected chi connectivity index (χ2v) is 7.91. The zero-order valence-electron chi connectivity index (χ0n) is 16.5. The van der Waals surface area contributed by atoms with Gasteiger partial charge in [-0.2, -0.15) is 0 Å². The molecule has 2 aliphatic rings. The van der Waals surface area contributed by atoms with Gasteiger partial charge in [-0.3, -0.25) is 4.79 Å². The lowest BCUT2D eigenvalue weighted by Crippen LogP contribution is -2.57. The average Bonchev–Trinajstić information content (AvgIpc) is 3.08. The van der Waals surface area contributed by atoms with Crippen LogP contribution in [0.5, 0.6) is 0 Å². The van der Waals surface area contributed by atoms with Crippen molar-refractivity contribution in [3.05, 3.63) is 28.8 Å². The maximum atomic E-state index is 12.9. The van der Waals surface area contributed by atoms with Gasteiger partial charge in [-0.25, -0.2) is 4.79 Å². The molecule has 7 nitrogen and oxygen atoms in total. The lowest BCUT2D eigenvalue weighted by molar-refractivity contribution is -0.136. The second kappa shape index (κ2) is 9.11. The summed E-state index contributed by atoms with van der Waals surface area (Å²) in [6, 6.07) is 5.26. The SMILES string of the molecule is COCCCN1C(=O)CCN(C(=O)Nc2ccc(C)cc2Cl)CC12CCOC2. The molecule has 1 N–H and O–H groups in total. The number of nitrogens with zero attached hydrogens (tertiary/aromatic N) is 2. The van der Waals surface area contributed by atoms with Crippen LogP contribution in [0.3, 0.4) is 0 Å². The molecule has 8 heteroatoms. The van der Waals surface area contributed by atoms with E-state index in [-0.39, 0.29) is 11.9 Å². The molecule has 0 saturated carbocycles. The molecule has 1 unspecified atom stereocenters. The van der Waals surface area contributed by atoms with Gasteiger partial charge in [0.15, 0.2) is 0 Å². The molecule has 3 amide bonds. The van der Waals surface area contributed by atoms with Crippen molar-refractivity contribution < 1.29 is 19.1 Å². The normalized spacial score (nSPS) is 22.6. The van der Waals surface area contributed by atoms with Gasteiger partial charge in [0.2, 0.25) is 5.91 Å². The van der Waals surface area contributed by atoms with Crippen molar-refractivity contribution in [3.8, 4) is 0 Å². The van der Waals surface area contributed by atoms with Crippen molar-refractivity contribution in [1.29, 1.82) is 0 Å². The van der Waals surface area contributed by atoms with Crippen LogP contribution >= 0.6 is 11.6 Å². The van der Waals surface area contributed by atoms with Gasteiger partial charge in [-0.1, -0.05) is 17.7 Å². The minimum Gasteiger partial charge on any atom is -0.385 e. The molecule has 0 radical (unpaired) electrons. The Morgan fingerprint density at radius 2 is 2.25 bits per heavy atom. The summed E-state index contributed by atoms with van der Waals surface area (Å²) in [6.07, 6.45) is 1.78. The number of amides is 3. The molecular weight excluding hydrogens is 382 g/mol. The summed E-state index contributed by atoms with van der Waals surface area (Å²) in [5, 5.41) is 3.39. The Morgan fingerprint density at radius 3 is 2.93 bits per heavy atom. The maximum Gasteiger partial charge on any atom is 0.321 e. The summed E-state index contributed by atoms with van der Waals surface area (Å²) in [5.41, 5.74) is 1.12. The number of halogens is 1. The van der Waals surface area contributed by atoms with Crippen molar-refractivity contribution in [2.24, 2.45) is 0 Å². The molecule has 0 aliphatic carbocycles. The molecule has 1 spiro atoms. The Hall–Kier alpha value is -1.83. The van der Waals surface area contributed by atoms with E-state index in [0.29, 0.717) is 56.6 Å². The van der Waals surface area contributed by atoms with E-state index < -0.39 is 5.54 Å². The lowest BCUT2D eigenvalue weighted by atomic mass is 9.95. The van der Waals surface area contributed by atoms with Crippen molar-refractivity contribution in [2.45, 2.75) is 31.7 Å². The number of anilines is 1. The number of nitrogens with one attached hydrogen (secondary N) is 1. The summed E-state index contributed by atoms with van der Waals surface area (Å²) >= 11 is 6.26. The third-order valence-corrected chi connectivity index (χ3v) is 5.73. The van der Waals surface area contributed by atoms with E-state index in [2.05, 4.69) is 5.32 Å². The molecule has 28 heavy (non-hydrogen) atoms. The first-order valence-corrected chi connectivity index (χ1v) is 10.0. The largest absolute Gasteiger partial charge is 0.385 e. The minimum absolute atomic E-state index is 0.0604. The first-order valence-electron chi connectivity index (χ1n) is 9.64. The van der Waals surface area contributed by atoms with Crippen LogP contribution in [0.15, 0.2) is 18.2 Å². The Bertz CT molecular complexity index is 721. The number of carbonyl (C=O) groups excluding carboxylic acids is 2. The first kappa shape index (κ1) is 20.9. The first-order chi connectivity index (χ1) is 13.4. The van der Waals surface area contributed by atoms with Gasteiger partial charge in [0.25, 0.3) is 0 Å². The molecule has 154 valence electrons. The van der Waals surface area contributed by atoms with Gasteiger partial charge in [0, 0.05) is 46.4 Å². The van der Waals surface area contributed by atoms with Gasteiger partial charge in [-0.15, -0.1) is 0 Å². The van der Waals surface area contributed by atoms with Crippen LogP contribution in [0.25, 0.3) is 0 Å². The molecular formula is C20H28ClN3O4. The Labute approximate surface area is 170 Å². The van der Waals surface area contributed by atoms with Crippen LogP contribution in [0.1, 0.15) is 24.8 Å². The molecule has 1 aromatic rings. The van der Waals surface area contributed by atoms with E-state index >= 15 is 0 Å². The summed E-state index contributed by atoms with van der Waals surface area (Å²) in [5.74, 6) is 0.0604. The van der Waals surface area contributed by atoms with Gasteiger partial charge >= 0.3 is 6.03 Å². The zero-order valence-corrected chi connectivity index (χ0v) is 17.3. The average molecular weight is 410 g/mol. The highest BCUT2D eigenvalue weighted by Gasteiger charge is 2.46. The number of rotatable bonds is 5. The second-order valence-electron chi connectivity index (χ2n) is 7.50. The highest BCUT2D eigenvalue weighted by molar-refractivity contribution is 6.33. The number of urea groups is 1. The number of ether oxygens (including phenoxy) is 2. The molecule has 2 aliphatic heterocycles. The Kier molecular flexibility index (Phi) is 6.80. The third kappa shape index (κ3) is 4.59. The molecule has 2 saturated heterocycles. The van der Waals surface area contributed by atoms with Crippen LogP contribution in [-0.4, -0.2) is 73.8 Å². The summed E-state index contributed by atoms with van der Waals surface area (Å²) in [6.45, 7) is 5.00. The quantitative estimate of drug-likeness (QED) is 0.759. The molecule has 2 heterocycles. The maximum absolute atomic E-state index is 12.9. The zero-order chi connectivity index (χ0) is 20.1. The summed E-state index contributed by atoms with van der Waals surface area (Å²) < 4.78 is 10.8. The number of methoxy groups -OCH3 is 1. The number of hydrogen-bond acceptors (Lipinski definition) is 4.